The number of pyridine rings is 1. The molecular weight excluding hydrogens is 343 g/mol. The molecule has 140 valence electrons. The van der Waals surface area contributed by atoms with Gasteiger partial charge in [-0.25, -0.2) is 19.3 Å². The van der Waals surface area contributed by atoms with Crippen LogP contribution < -0.4 is 5.73 Å². The Labute approximate surface area is 157 Å². The van der Waals surface area contributed by atoms with Crippen LogP contribution in [0.1, 0.15) is 12.0 Å². The maximum atomic E-state index is 14.3. The molecule has 27 heavy (non-hydrogen) atoms. The molecule has 0 saturated carbocycles. The van der Waals surface area contributed by atoms with Crippen LogP contribution in [0, 0.1) is 5.82 Å². The minimum Gasteiger partial charge on any atom is -0.382 e. The van der Waals surface area contributed by atoms with Gasteiger partial charge in [-0.2, -0.15) is 0 Å². The number of nitrogens with zero attached hydrogens (tertiary/aromatic N) is 5. The Hall–Kier alpha value is -2.64. The number of aromatic nitrogens is 3. The first kappa shape index (κ1) is 17.8. The van der Waals surface area contributed by atoms with E-state index in [2.05, 4.69) is 38.8 Å². The van der Waals surface area contributed by atoms with Crippen molar-refractivity contribution in [3.05, 3.63) is 48.0 Å². The normalized spacial score (nSPS) is 17.9. The molecule has 0 amide bonds. The van der Waals surface area contributed by atoms with Crippen LogP contribution in [0.5, 0.6) is 0 Å². The number of nitrogens with two attached hydrogens (primary N) is 1. The third-order valence-electron chi connectivity index (χ3n) is 5.15. The first-order valence-electron chi connectivity index (χ1n) is 9.05. The van der Waals surface area contributed by atoms with Crippen LogP contribution in [0.15, 0.2) is 36.7 Å². The largest absolute Gasteiger partial charge is 0.382 e. The standard InChI is InChI=1S/C20H23FN6/c1-26(2)16-5-6-27(11-16)10-13-7-14(9-15(21)8-13)17-3-4-18-19(25-17)20(22)24-12-23-18/h3-4,7-9,12,16H,5-6,10-11H2,1-2H3,(H2,22,23,24)/t16-/m0/s1. The summed E-state index contributed by atoms with van der Waals surface area (Å²) >= 11 is 0. The number of halogens is 1. The smallest absolute Gasteiger partial charge is 0.153 e. The van der Waals surface area contributed by atoms with Crippen molar-refractivity contribution in [3.63, 3.8) is 0 Å². The Morgan fingerprint density at radius 2 is 2.07 bits per heavy atom. The Morgan fingerprint density at radius 3 is 2.85 bits per heavy atom. The number of rotatable bonds is 4. The highest BCUT2D eigenvalue weighted by Crippen LogP contribution is 2.25. The average molecular weight is 366 g/mol. The van der Waals surface area contributed by atoms with Crippen LogP contribution >= 0.6 is 0 Å². The first-order chi connectivity index (χ1) is 13.0. The fraction of sp³-hybridized carbons (Fsp3) is 0.350. The lowest BCUT2D eigenvalue weighted by Crippen LogP contribution is -2.31. The lowest BCUT2D eigenvalue weighted by Gasteiger charge is -2.20. The van der Waals surface area contributed by atoms with E-state index in [4.69, 9.17) is 5.73 Å². The molecule has 0 radical (unpaired) electrons. The van der Waals surface area contributed by atoms with Gasteiger partial charge >= 0.3 is 0 Å². The highest BCUT2D eigenvalue weighted by atomic mass is 19.1. The highest BCUT2D eigenvalue weighted by molar-refractivity contribution is 5.85. The van der Waals surface area contributed by atoms with E-state index in [0.29, 0.717) is 28.6 Å². The van der Waals surface area contributed by atoms with E-state index in [1.54, 1.807) is 6.07 Å². The monoisotopic (exact) mass is 366 g/mol. The Bertz CT molecular complexity index is 974. The van der Waals surface area contributed by atoms with Gasteiger partial charge in [0.15, 0.2) is 5.82 Å². The van der Waals surface area contributed by atoms with E-state index < -0.39 is 0 Å². The van der Waals surface area contributed by atoms with Crippen LogP contribution in [0.4, 0.5) is 10.2 Å². The summed E-state index contributed by atoms with van der Waals surface area (Å²) in [6, 6.07) is 9.34. The molecule has 3 aromatic rings. The zero-order chi connectivity index (χ0) is 19.0. The van der Waals surface area contributed by atoms with Crippen LogP contribution in [0.2, 0.25) is 0 Å². The summed E-state index contributed by atoms with van der Waals surface area (Å²) in [5.74, 6) is 0.0651. The quantitative estimate of drug-likeness (QED) is 0.765. The summed E-state index contributed by atoms with van der Waals surface area (Å²) in [6.45, 7) is 2.76. The molecule has 1 aliphatic heterocycles. The molecule has 2 aromatic heterocycles. The summed E-state index contributed by atoms with van der Waals surface area (Å²) in [7, 11) is 4.21. The number of likely N-dealkylation sites (tertiary alicyclic amines) is 1. The summed E-state index contributed by atoms with van der Waals surface area (Å²) in [5, 5.41) is 0. The van der Waals surface area contributed by atoms with Crippen molar-refractivity contribution in [2.45, 2.75) is 19.0 Å². The zero-order valence-corrected chi connectivity index (χ0v) is 15.6. The van der Waals surface area contributed by atoms with Crippen molar-refractivity contribution >= 4 is 16.9 Å². The lowest BCUT2D eigenvalue weighted by atomic mass is 10.1. The van der Waals surface area contributed by atoms with Crippen molar-refractivity contribution in [3.8, 4) is 11.3 Å². The van der Waals surface area contributed by atoms with Crippen molar-refractivity contribution in [1.82, 2.24) is 24.8 Å². The number of benzene rings is 1. The third kappa shape index (κ3) is 3.74. The first-order valence-corrected chi connectivity index (χ1v) is 9.05. The SMILES string of the molecule is CN(C)[C@H]1CCN(Cc2cc(F)cc(-c3ccc4ncnc(N)c4n3)c2)C1. The third-order valence-corrected chi connectivity index (χ3v) is 5.15. The number of nitrogen functional groups attached to an aromatic ring is 1. The van der Waals surface area contributed by atoms with Gasteiger partial charge < -0.3 is 10.6 Å². The van der Waals surface area contributed by atoms with Crippen molar-refractivity contribution in [2.75, 3.05) is 32.9 Å². The van der Waals surface area contributed by atoms with Gasteiger partial charge in [-0.05, 0) is 56.4 Å². The molecule has 1 fully saturated rings. The molecule has 0 unspecified atom stereocenters. The van der Waals surface area contributed by atoms with Crippen LogP contribution in [-0.2, 0) is 6.54 Å². The minimum atomic E-state index is -0.259. The van der Waals surface area contributed by atoms with E-state index in [9.17, 15) is 4.39 Å². The molecule has 1 aliphatic rings. The maximum absolute atomic E-state index is 14.3. The van der Waals surface area contributed by atoms with E-state index in [0.717, 1.165) is 37.2 Å². The maximum Gasteiger partial charge on any atom is 0.153 e. The van der Waals surface area contributed by atoms with Crippen LogP contribution in [0.25, 0.3) is 22.3 Å². The van der Waals surface area contributed by atoms with Crippen molar-refractivity contribution in [2.24, 2.45) is 0 Å². The van der Waals surface area contributed by atoms with Crippen LogP contribution in [0.3, 0.4) is 0 Å². The van der Waals surface area contributed by atoms with E-state index in [1.165, 1.54) is 12.4 Å². The Kier molecular flexibility index (Phi) is 4.72. The zero-order valence-electron chi connectivity index (χ0n) is 15.6. The van der Waals surface area contributed by atoms with E-state index >= 15 is 0 Å². The average Bonchev–Trinajstić information content (AvgIpc) is 3.10. The molecule has 0 spiro atoms. The number of hydrogen-bond donors (Lipinski definition) is 1. The predicted molar refractivity (Wildman–Crippen MR) is 105 cm³/mol. The van der Waals surface area contributed by atoms with Gasteiger partial charge in [-0.3, -0.25) is 4.90 Å². The van der Waals surface area contributed by atoms with Gasteiger partial charge in [0.05, 0.1) is 11.2 Å². The molecule has 4 rings (SSSR count). The molecular formula is C20H23FN6. The molecule has 7 heteroatoms. The topological polar surface area (TPSA) is 71.2 Å². The predicted octanol–water partition coefficient (Wildman–Crippen LogP) is 2.55. The number of hydrogen-bond acceptors (Lipinski definition) is 6. The summed E-state index contributed by atoms with van der Waals surface area (Å²) in [5.41, 5.74) is 9.47. The summed E-state index contributed by atoms with van der Waals surface area (Å²) in [4.78, 5) is 17.3. The molecule has 1 atom stereocenters. The van der Waals surface area contributed by atoms with Gasteiger partial charge in [-0.1, -0.05) is 0 Å². The van der Waals surface area contributed by atoms with Gasteiger partial charge in [0.2, 0.25) is 0 Å². The van der Waals surface area contributed by atoms with Crippen molar-refractivity contribution < 1.29 is 4.39 Å². The number of anilines is 1. The highest BCUT2D eigenvalue weighted by Gasteiger charge is 2.24. The fourth-order valence-electron chi connectivity index (χ4n) is 3.64. The molecule has 2 N–H and O–H groups in total. The lowest BCUT2D eigenvalue weighted by molar-refractivity contribution is 0.264. The molecule has 1 aromatic carbocycles. The summed E-state index contributed by atoms with van der Waals surface area (Å²) in [6.07, 6.45) is 2.55. The second kappa shape index (κ2) is 7.17. The van der Waals surface area contributed by atoms with Crippen molar-refractivity contribution in [1.29, 1.82) is 0 Å². The van der Waals surface area contributed by atoms with E-state index in [1.807, 2.05) is 18.2 Å². The molecule has 6 nitrogen and oxygen atoms in total. The minimum absolute atomic E-state index is 0.259. The summed E-state index contributed by atoms with van der Waals surface area (Å²) < 4.78 is 14.3. The number of likely N-dealkylation sites (N-methyl/N-ethyl adjacent to an activating group) is 1. The van der Waals surface area contributed by atoms with Crippen LogP contribution in [-0.4, -0.2) is 58.0 Å². The molecule has 0 bridgehead atoms. The Balaban J connectivity index is 1.62. The molecule has 1 saturated heterocycles. The number of fused-ring (bicyclic) bond motifs is 1. The molecule has 3 heterocycles. The Morgan fingerprint density at radius 1 is 1.22 bits per heavy atom. The van der Waals surface area contributed by atoms with Gasteiger partial charge in [0.25, 0.3) is 0 Å². The van der Waals surface area contributed by atoms with Gasteiger partial charge in [0, 0.05) is 31.2 Å². The molecule has 0 aliphatic carbocycles. The second-order valence-electron chi connectivity index (χ2n) is 7.31. The van der Waals surface area contributed by atoms with Gasteiger partial charge in [-0.15, -0.1) is 0 Å². The van der Waals surface area contributed by atoms with E-state index in [-0.39, 0.29) is 5.82 Å². The fourth-order valence-corrected chi connectivity index (χ4v) is 3.64. The second-order valence-corrected chi connectivity index (χ2v) is 7.31. The van der Waals surface area contributed by atoms with Gasteiger partial charge in [0.1, 0.15) is 17.7 Å².